The van der Waals surface area contributed by atoms with Gasteiger partial charge in [-0.25, -0.2) is 9.80 Å². The smallest absolute Gasteiger partial charge is 0.408 e. The normalized spacial score (nSPS) is 22.6. The number of nitrogens with zero attached hydrogens (tertiary/aromatic N) is 3. The summed E-state index contributed by atoms with van der Waals surface area (Å²) in [6.45, 7) is 5.41. The molecule has 3 aliphatic rings. The molecule has 0 radical (unpaired) electrons. The van der Waals surface area contributed by atoms with Crippen molar-refractivity contribution in [2.45, 2.75) is 77.0 Å². The fourth-order valence-electron chi connectivity index (χ4n) is 5.88. The number of piperidine rings is 1. The molecule has 4 rings (SSSR count). The quantitative estimate of drug-likeness (QED) is 0.526. The number of amides is 3. The Hall–Kier alpha value is -3.34. The number of rotatable bonds is 7. The monoisotopic (exact) mass is 558 g/mol. The van der Waals surface area contributed by atoms with Crippen LogP contribution in [0.1, 0.15) is 64.9 Å². The largest absolute Gasteiger partial charge is 0.493 e. The number of hydrazone groups is 1. The summed E-state index contributed by atoms with van der Waals surface area (Å²) in [6.07, 6.45) is 4.15. The third-order valence-electron chi connectivity index (χ3n) is 7.85. The highest BCUT2D eigenvalue weighted by molar-refractivity contribution is 6.07. The molecule has 1 aliphatic carbocycles. The minimum atomic E-state index is -1.10. The number of likely N-dealkylation sites (tertiary alicyclic amines) is 1. The number of nitrogens with one attached hydrogen (secondary N) is 1. The van der Waals surface area contributed by atoms with Crippen LogP contribution >= 0.6 is 0 Å². The summed E-state index contributed by atoms with van der Waals surface area (Å²) in [6, 6.07) is 4.50. The van der Waals surface area contributed by atoms with E-state index in [2.05, 4.69) is 5.32 Å². The zero-order chi connectivity index (χ0) is 29.0. The molecule has 3 atom stereocenters. The number of carbonyl (C=O) groups excluding carboxylic acids is 3. The minimum Gasteiger partial charge on any atom is -0.493 e. The molecule has 1 aromatic rings. The van der Waals surface area contributed by atoms with Gasteiger partial charge in [0.15, 0.2) is 11.5 Å². The Bertz CT molecular complexity index is 1120. The van der Waals surface area contributed by atoms with Gasteiger partial charge in [0.1, 0.15) is 11.6 Å². The van der Waals surface area contributed by atoms with Crippen molar-refractivity contribution in [2.75, 3.05) is 33.9 Å². The van der Waals surface area contributed by atoms with Crippen molar-refractivity contribution in [3.05, 3.63) is 23.8 Å². The molecule has 0 spiro atoms. The molecule has 2 aliphatic heterocycles. The molecule has 40 heavy (non-hydrogen) atoms. The predicted molar refractivity (Wildman–Crippen MR) is 148 cm³/mol. The van der Waals surface area contributed by atoms with E-state index in [4.69, 9.17) is 19.3 Å². The van der Waals surface area contributed by atoms with E-state index in [1.807, 2.05) is 18.2 Å². The minimum absolute atomic E-state index is 0.0542. The Labute approximate surface area is 235 Å². The van der Waals surface area contributed by atoms with Crippen LogP contribution in [0.2, 0.25) is 0 Å². The lowest BCUT2D eigenvalue weighted by molar-refractivity contribution is -0.143. The fourth-order valence-corrected chi connectivity index (χ4v) is 5.88. The van der Waals surface area contributed by atoms with Gasteiger partial charge in [-0.15, -0.1) is 0 Å². The molecule has 3 amide bonds. The molecule has 2 heterocycles. The Balaban J connectivity index is 1.49. The standard InChI is InChI=1S/C29H42N4O7/c1-29(2,3)40-28(37)30-22(17-34)27(36)32-14-12-19(13-15-32)33-26(35)21-9-7-6-8-20(21)25(31-33)18-10-11-23(38-4)24(16-18)39-5/h10-11,16,19-22,34H,6-9,12-15,17H2,1-5H3,(H,30,37)/t20-,21+,22-/m0/s1. The summed E-state index contributed by atoms with van der Waals surface area (Å²) in [7, 11) is 3.20. The highest BCUT2D eigenvalue weighted by Gasteiger charge is 2.44. The highest BCUT2D eigenvalue weighted by Crippen LogP contribution is 2.40. The molecule has 1 aromatic carbocycles. The Morgan fingerprint density at radius 3 is 2.30 bits per heavy atom. The number of methoxy groups -OCH3 is 2. The molecule has 0 aromatic heterocycles. The van der Waals surface area contributed by atoms with Crippen molar-refractivity contribution in [3.8, 4) is 11.5 Å². The van der Waals surface area contributed by atoms with E-state index in [1.165, 1.54) is 0 Å². The van der Waals surface area contributed by atoms with E-state index < -0.39 is 24.3 Å². The van der Waals surface area contributed by atoms with Gasteiger partial charge in [0.05, 0.1) is 32.6 Å². The SMILES string of the molecule is COc1ccc(C2=NN(C3CCN(C(=O)[C@H](CO)NC(=O)OC(C)(C)C)CC3)C(=O)[C@@H]3CCCC[C@H]23)cc1OC. The second kappa shape index (κ2) is 12.4. The van der Waals surface area contributed by atoms with Gasteiger partial charge in [0.2, 0.25) is 11.8 Å². The van der Waals surface area contributed by atoms with Crippen molar-refractivity contribution in [1.29, 1.82) is 0 Å². The Morgan fingerprint density at radius 2 is 1.70 bits per heavy atom. The van der Waals surface area contributed by atoms with E-state index in [0.717, 1.165) is 37.0 Å². The topological polar surface area (TPSA) is 130 Å². The third kappa shape index (κ3) is 6.51. The summed E-state index contributed by atoms with van der Waals surface area (Å²) >= 11 is 0. The Morgan fingerprint density at radius 1 is 1.05 bits per heavy atom. The summed E-state index contributed by atoms with van der Waals surface area (Å²) in [4.78, 5) is 40.5. The van der Waals surface area contributed by atoms with E-state index in [-0.39, 0.29) is 29.7 Å². The van der Waals surface area contributed by atoms with Crippen molar-refractivity contribution >= 4 is 23.6 Å². The van der Waals surface area contributed by atoms with Crippen molar-refractivity contribution < 1.29 is 33.7 Å². The van der Waals surface area contributed by atoms with Gasteiger partial charge in [-0.2, -0.15) is 5.10 Å². The first kappa shape index (κ1) is 29.6. The first-order valence-electron chi connectivity index (χ1n) is 14.1. The van der Waals surface area contributed by atoms with Crippen LogP contribution in [0.25, 0.3) is 0 Å². The lowest BCUT2D eigenvalue weighted by Crippen LogP contribution is -2.56. The van der Waals surface area contributed by atoms with Gasteiger partial charge >= 0.3 is 6.09 Å². The van der Waals surface area contributed by atoms with Gasteiger partial charge in [-0.05, 0) is 64.7 Å². The number of hydrogen-bond donors (Lipinski definition) is 2. The van der Waals surface area contributed by atoms with Gasteiger partial charge in [0.25, 0.3) is 0 Å². The van der Waals surface area contributed by atoms with Gasteiger partial charge in [0, 0.05) is 30.5 Å². The number of carbonyl (C=O) groups is 3. The van der Waals surface area contributed by atoms with E-state index >= 15 is 0 Å². The van der Waals surface area contributed by atoms with Crippen LogP contribution in [0.3, 0.4) is 0 Å². The van der Waals surface area contributed by atoms with E-state index in [9.17, 15) is 19.5 Å². The number of aliphatic hydroxyl groups excluding tert-OH is 1. The molecule has 2 N–H and O–H groups in total. The van der Waals surface area contributed by atoms with Crippen molar-refractivity contribution in [3.63, 3.8) is 0 Å². The first-order chi connectivity index (χ1) is 19.1. The average Bonchev–Trinajstić information content (AvgIpc) is 2.94. The fraction of sp³-hybridized carbons (Fsp3) is 0.655. The summed E-state index contributed by atoms with van der Waals surface area (Å²) < 4.78 is 16.2. The van der Waals surface area contributed by atoms with Gasteiger partial charge < -0.3 is 29.5 Å². The summed E-state index contributed by atoms with van der Waals surface area (Å²) in [5, 5.41) is 18.9. The predicted octanol–water partition coefficient (Wildman–Crippen LogP) is 2.93. The molecular formula is C29H42N4O7. The van der Waals surface area contributed by atoms with Crippen LogP contribution in [-0.4, -0.2) is 90.2 Å². The van der Waals surface area contributed by atoms with Crippen molar-refractivity contribution in [2.24, 2.45) is 16.9 Å². The first-order valence-corrected chi connectivity index (χ1v) is 14.1. The highest BCUT2D eigenvalue weighted by atomic mass is 16.6. The maximum Gasteiger partial charge on any atom is 0.408 e. The molecule has 1 saturated carbocycles. The second-order valence-electron chi connectivity index (χ2n) is 11.7. The zero-order valence-electron chi connectivity index (χ0n) is 24.1. The lowest BCUT2D eigenvalue weighted by atomic mass is 9.73. The van der Waals surface area contributed by atoms with Crippen LogP contribution in [0, 0.1) is 11.8 Å². The lowest BCUT2D eigenvalue weighted by Gasteiger charge is -2.43. The van der Waals surface area contributed by atoms with E-state index in [1.54, 1.807) is 44.9 Å². The molecule has 220 valence electrons. The second-order valence-corrected chi connectivity index (χ2v) is 11.7. The van der Waals surface area contributed by atoms with Crippen LogP contribution in [0.4, 0.5) is 4.79 Å². The zero-order valence-corrected chi connectivity index (χ0v) is 24.1. The third-order valence-corrected chi connectivity index (χ3v) is 7.85. The maximum absolute atomic E-state index is 13.7. The summed E-state index contributed by atoms with van der Waals surface area (Å²) in [5.41, 5.74) is 1.09. The van der Waals surface area contributed by atoms with Gasteiger partial charge in [-0.1, -0.05) is 12.8 Å². The number of fused-ring (bicyclic) bond motifs is 1. The molecule has 0 unspecified atom stereocenters. The Kier molecular flexibility index (Phi) is 9.22. The number of aliphatic hydroxyl groups is 1. The molecule has 11 heteroatoms. The summed E-state index contributed by atoms with van der Waals surface area (Å²) in [5.74, 6) is 0.864. The molecule has 11 nitrogen and oxygen atoms in total. The molecular weight excluding hydrogens is 516 g/mol. The number of alkyl carbamates (subject to hydrolysis) is 1. The van der Waals surface area contributed by atoms with Crippen LogP contribution < -0.4 is 14.8 Å². The molecule has 1 saturated heterocycles. The number of hydrogen-bond acceptors (Lipinski definition) is 8. The average molecular weight is 559 g/mol. The maximum atomic E-state index is 13.7. The molecule has 0 bridgehead atoms. The van der Waals surface area contributed by atoms with Crippen LogP contribution in [-0.2, 0) is 14.3 Å². The van der Waals surface area contributed by atoms with Crippen molar-refractivity contribution in [1.82, 2.24) is 15.2 Å². The van der Waals surface area contributed by atoms with E-state index in [0.29, 0.717) is 37.4 Å². The molecule has 2 fully saturated rings. The van der Waals surface area contributed by atoms with Gasteiger partial charge in [-0.3, -0.25) is 9.59 Å². The van der Waals surface area contributed by atoms with Crippen LogP contribution in [0.5, 0.6) is 11.5 Å². The number of ether oxygens (including phenoxy) is 3. The number of benzene rings is 1. The van der Waals surface area contributed by atoms with Crippen LogP contribution in [0.15, 0.2) is 23.3 Å².